The molecule has 2 aromatic heterocycles. The maximum absolute atomic E-state index is 9.65. The van der Waals surface area contributed by atoms with E-state index in [0.29, 0.717) is 33.9 Å². The van der Waals surface area contributed by atoms with E-state index < -0.39 is 0 Å². The van der Waals surface area contributed by atoms with Crippen LogP contribution in [0.5, 0.6) is 0 Å². The molecule has 0 amide bonds. The summed E-state index contributed by atoms with van der Waals surface area (Å²) >= 11 is 7.97. The van der Waals surface area contributed by atoms with E-state index in [1.165, 1.54) is 11.3 Å². The molecule has 0 aliphatic heterocycles. The number of nitrogen functional groups attached to an aromatic ring is 2. The number of hydrogen-bond donors (Lipinski definition) is 4. The number of hydrogen-bond acceptors (Lipinski definition) is 8. The monoisotopic (exact) mass is 418 g/mol. The normalized spacial score (nSPS) is 24.7. The van der Waals surface area contributed by atoms with E-state index in [0.717, 1.165) is 16.6 Å². The molecule has 1 aliphatic rings. The first kappa shape index (κ1) is 19.2. The van der Waals surface area contributed by atoms with Gasteiger partial charge in [-0.2, -0.15) is 4.98 Å². The third-order valence-corrected chi connectivity index (χ3v) is 7.16. The Morgan fingerprint density at radius 1 is 1.21 bits per heavy atom. The fraction of sp³-hybridized carbons (Fsp3) is 0.421. The van der Waals surface area contributed by atoms with Crippen molar-refractivity contribution in [2.24, 2.45) is 17.8 Å². The molecule has 9 heteroatoms. The molecule has 4 rings (SSSR count). The van der Waals surface area contributed by atoms with Gasteiger partial charge in [-0.05, 0) is 42.4 Å². The zero-order chi connectivity index (χ0) is 20.0. The highest BCUT2D eigenvalue weighted by atomic mass is 35.5. The first-order valence-corrected chi connectivity index (χ1v) is 10.4. The number of anilines is 3. The van der Waals surface area contributed by atoms with Gasteiger partial charge in [0.15, 0.2) is 0 Å². The molecule has 1 saturated carbocycles. The lowest BCUT2D eigenvalue weighted by Crippen LogP contribution is -2.25. The summed E-state index contributed by atoms with van der Waals surface area (Å²) < 4.78 is 1.01. The largest absolute Gasteiger partial charge is 0.399 e. The predicted octanol–water partition coefficient (Wildman–Crippen LogP) is 3.64. The minimum absolute atomic E-state index is 0.110. The number of thiazole rings is 1. The molecule has 0 unspecified atom stereocenters. The van der Waals surface area contributed by atoms with Crippen molar-refractivity contribution in [1.29, 1.82) is 0 Å². The van der Waals surface area contributed by atoms with E-state index >= 15 is 0 Å². The van der Waals surface area contributed by atoms with Crippen molar-refractivity contribution in [2.75, 3.05) is 23.4 Å². The quantitative estimate of drug-likeness (QED) is 0.376. The third kappa shape index (κ3) is 3.36. The number of benzene rings is 1. The van der Waals surface area contributed by atoms with Crippen molar-refractivity contribution in [3.8, 4) is 10.6 Å². The molecule has 4 atom stereocenters. The zero-order valence-electron chi connectivity index (χ0n) is 15.7. The van der Waals surface area contributed by atoms with Gasteiger partial charge in [-0.3, -0.25) is 0 Å². The molecule has 7 nitrogen and oxygen atoms in total. The van der Waals surface area contributed by atoms with Gasteiger partial charge >= 0.3 is 0 Å². The first-order valence-electron chi connectivity index (χ1n) is 9.24. The number of aliphatic hydroxyl groups excluding tert-OH is 1. The molecule has 0 saturated heterocycles. The number of halogens is 1. The van der Waals surface area contributed by atoms with Crippen LogP contribution in [0.25, 0.3) is 20.8 Å². The Labute approximate surface area is 172 Å². The molecule has 28 heavy (non-hydrogen) atoms. The van der Waals surface area contributed by atoms with Gasteiger partial charge in [-0.15, -0.1) is 11.3 Å². The molecule has 148 valence electrons. The van der Waals surface area contributed by atoms with Crippen LogP contribution in [0.4, 0.5) is 17.5 Å². The molecule has 1 aliphatic carbocycles. The van der Waals surface area contributed by atoms with Crippen LogP contribution in [0.2, 0.25) is 5.15 Å². The lowest BCUT2D eigenvalue weighted by atomic mass is 9.92. The maximum Gasteiger partial charge on any atom is 0.223 e. The summed E-state index contributed by atoms with van der Waals surface area (Å²) in [5.41, 5.74) is 13.9. The molecule has 0 bridgehead atoms. The Balaban J connectivity index is 1.75. The Morgan fingerprint density at radius 3 is 2.71 bits per heavy atom. The molecule has 1 fully saturated rings. The van der Waals surface area contributed by atoms with Crippen molar-refractivity contribution in [3.05, 3.63) is 23.4 Å². The second kappa shape index (κ2) is 7.35. The van der Waals surface area contributed by atoms with Gasteiger partial charge in [0.25, 0.3) is 0 Å². The van der Waals surface area contributed by atoms with Crippen LogP contribution >= 0.6 is 22.9 Å². The van der Waals surface area contributed by atoms with Gasteiger partial charge in [-0.25, -0.2) is 9.97 Å². The number of rotatable bonds is 4. The molecule has 0 radical (unpaired) electrons. The maximum atomic E-state index is 9.65. The van der Waals surface area contributed by atoms with Crippen LogP contribution in [0, 0.1) is 17.8 Å². The number of aliphatic hydroxyl groups is 1. The molecular formula is C19H23ClN6OS. The molecule has 3 aromatic rings. The number of nitrogens with two attached hydrogens (primary N) is 2. The molecule has 6 N–H and O–H groups in total. The number of aromatic nitrogens is 3. The Hall–Kier alpha value is -2.16. The van der Waals surface area contributed by atoms with Gasteiger partial charge in [0.2, 0.25) is 5.95 Å². The highest BCUT2D eigenvalue weighted by molar-refractivity contribution is 7.21. The minimum Gasteiger partial charge on any atom is -0.399 e. The average molecular weight is 419 g/mol. The summed E-state index contributed by atoms with van der Waals surface area (Å²) in [5.74, 6) is 1.73. The lowest BCUT2D eigenvalue weighted by Gasteiger charge is -2.21. The third-order valence-electron chi connectivity index (χ3n) is 5.83. The summed E-state index contributed by atoms with van der Waals surface area (Å²) in [7, 11) is 0. The highest BCUT2D eigenvalue weighted by Crippen LogP contribution is 2.42. The van der Waals surface area contributed by atoms with Gasteiger partial charge in [0.05, 0.1) is 15.8 Å². The standard InChI is InChI=1S/C19H23ClN6OS/c1-8-9(2)12(5-10(8)7-27)23-17-15(16(20)25-19(22)26-17)18-24-13-6-11(21)3-4-14(13)28-18/h3-4,6,8-10,12,27H,5,7,21H2,1-2H3,(H3,22,23,25,26)/t8-,9+,10+,12+/m0/s1. The number of fused-ring (bicyclic) bond motifs is 1. The molecular weight excluding hydrogens is 396 g/mol. The summed E-state index contributed by atoms with van der Waals surface area (Å²) in [6.45, 7) is 4.54. The Bertz CT molecular complexity index is 1030. The Morgan fingerprint density at radius 2 is 2.00 bits per heavy atom. The van der Waals surface area contributed by atoms with E-state index in [1.54, 1.807) is 0 Å². The summed E-state index contributed by atoms with van der Waals surface area (Å²) in [6, 6.07) is 5.78. The molecule has 2 heterocycles. The van der Waals surface area contributed by atoms with E-state index in [9.17, 15) is 5.11 Å². The summed E-state index contributed by atoms with van der Waals surface area (Å²) in [6.07, 6.45) is 0.857. The second-order valence-electron chi connectivity index (χ2n) is 7.49. The fourth-order valence-electron chi connectivity index (χ4n) is 3.95. The van der Waals surface area contributed by atoms with Crippen molar-refractivity contribution >= 4 is 50.6 Å². The van der Waals surface area contributed by atoms with Crippen LogP contribution < -0.4 is 16.8 Å². The van der Waals surface area contributed by atoms with Gasteiger partial charge in [0.1, 0.15) is 16.0 Å². The molecule has 1 aromatic carbocycles. The predicted molar refractivity (Wildman–Crippen MR) is 115 cm³/mol. The van der Waals surface area contributed by atoms with Crippen molar-refractivity contribution < 1.29 is 5.11 Å². The zero-order valence-corrected chi connectivity index (χ0v) is 17.3. The van der Waals surface area contributed by atoms with Crippen molar-refractivity contribution in [1.82, 2.24) is 15.0 Å². The van der Waals surface area contributed by atoms with Crippen LogP contribution in [-0.2, 0) is 0 Å². The van der Waals surface area contributed by atoms with E-state index in [-0.39, 0.29) is 29.7 Å². The van der Waals surface area contributed by atoms with Crippen LogP contribution in [0.3, 0.4) is 0 Å². The van der Waals surface area contributed by atoms with Crippen LogP contribution in [0.1, 0.15) is 20.3 Å². The summed E-state index contributed by atoms with van der Waals surface area (Å²) in [4.78, 5) is 13.2. The van der Waals surface area contributed by atoms with E-state index in [4.69, 9.17) is 23.1 Å². The Kier molecular flexibility index (Phi) is 5.03. The topological polar surface area (TPSA) is 123 Å². The second-order valence-corrected chi connectivity index (χ2v) is 8.88. The average Bonchev–Trinajstić information content (AvgIpc) is 3.16. The van der Waals surface area contributed by atoms with Crippen LogP contribution in [0.15, 0.2) is 18.2 Å². The SMILES string of the molecule is C[C@@H]1[C@@H](CO)C[C@@H](Nc2nc(N)nc(Cl)c2-c2nc3cc(N)ccc3s2)[C@@H]1C. The van der Waals surface area contributed by atoms with Crippen molar-refractivity contribution in [2.45, 2.75) is 26.3 Å². The summed E-state index contributed by atoms with van der Waals surface area (Å²) in [5, 5.41) is 14.1. The minimum atomic E-state index is 0.110. The van der Waals surface area contributed by atoms with E-state index in [2.05, 4.69) is 34.1 Å². The van der Waals surface area contributed by atoms with Gasteiger partial charge in [0, 0.05) is 18.3 Å². The van der Waals surface area contributed by atoms with Crippen LogP contribution in [-0.4, -0.2) is 32.7 Å². The van der Waals surface area contributed by atoms with Crippen molar-refractivity contribution in [3.63, 3.8) is 0 Å². The smallest absolute Gasteiger partial charge is 0.223 e. The molecule has 0 spiro atoms. The van der Waals surface area contributed by atoms with Gasteiger partial charge in [-0.1, -0.05) is 25.4 Å². The highest BCUT2D eigenvalue weighted by Gasteiger charge is 2.38. The fourth-order valence-corrected chi connectivity index (χ4v) is 5.27. The number of nitrogens with one attached hydrogen (secondary N) is 1. The van der Waals surface area contributed by atoms with E-state index in [1.807, 2.05) is 18.2 Å². The lowest BCUT2D eigenvalue weighted by molar-refractivity contribution is 0.191. The van der Waals surface area contributed by atoms with Gasteiger partial charge < -0.3 is 21.9 Å². The first-order chi connectivity index (χ1) is 13.4. The number of nitrogens with zero attached hydrogens (tertiary/aromatic N) is 3.